The van der Waals surface area contributed by atoms with Crippen LogP contribution in [-0.2, 0) is 0 Å². The second-order valence-corrected chi connectivity index (χ2v) is 3.03. The summed E-state index contributed by atoms with van der Waals surface area (Å²) >= 11 is 1.48. The molecule has 60 valence electrons. The van der Waals surface area contributed by atoms with Gasteiger partial charge in [-0.25, -0.2) is 4.37 Å². The van der Waals surface area contributed by atoms with Crippen molar-refractivity contribution in [2.45, 2.75) is 13.3 Å². The Balaban J connectivity index is 2.62. The minimum Gasteiger partial charge on any atom is -0.330 e. The molecule has 11 heavy (non-hydrogen) atoms. The van der Waals surface area contributed by atoms with Gasteiger partial charge in [0, 0.05) is 17.1 Å². The first-order valence-electron chi connectivity index (χ1n) is 3.61. The highest BCUT2D eigenvalue weighted by atomic mass is 32.1. The highest BCUT2D eigenvalue weighted by Gasteiger charge is 1.94. The fourth-order valence-corrected chi connectivity index (χ4v) is 1.41. The highest BCUT2D eigenvalue weighted by molar-refractivity contribution is 7.03. The van der Waals surface area contributed by atoms with Gasteiger partial charge in [-0.15, -0.1) is 0 Å². The van der Waals surface area contributed by atoms with E-state index in [1.54, 1.807) is 0 Å². The maximum Gasteiger partial charge on any atom is 0.0481 e. The van der Waals surface area contributed by atoms with Crippen molar-refractivity contribution in [1.29, 1.82) is 0 Å². The van der Waals surface area contributed by atoms with Crippen molar-refractivity contribution in [3.8, 4) is 0 Å². The standard InChI is InChI=1S/C8H12N2S/c1-7(3-2-4-9)8-5-10-11-6-8/h3,5-6H,2,4,9H2,1H3/b7-3+. The molecule has 0 saturated heterocycles. The van der Waals surface area contributed by atoms with Crippen LogP contribution in [0.2, 0.25) is 0 Å². The maximum absolute atomic E-state index is 5.37. The Morgan fingerprint density at radius 1 is 1.82 bits per heavy atom. The number of aromatic nitrogens is 1. The molecule has 2 N–H and O–H groups in total. The smallest absolute Gasteiger partial charge is 0.0481 e. The topological polar surface area (TPSA) is 38.9 Å². The normalized spacial score (nSPS) is 12.0. The van der Waals surface area contributed by atoms with Crippen LogP contribution in [0.1, 0.15) is 18.9 Å². The monoisotopic (exact) mass is 168 g/mol. The van der Waals surface area contributed by atoms with Gasteiger partial charge in [-0.1, -0.05) is 6.08 Å². The van der Waals surface area contributed by atoms with Gasteiger partial charge in [-0.3, -0.25) is 0 Å². The first kappa shape index (κ1) is 8.43. The van der Waals surface area contributed by atoms with Gasteiger partial charge in [0.2, 0.25) is 0 Å². The van der Waals surface area contributed by atoms with Gasteiger partial charge in [0.05, 0.1) is 0 Å². The number of nitrogens with zero attached hydrogens (tertiary/aromatic N) is 1. The Morgan fingerprint density at radius 3 is 3.18 bits per heavy atom. The van der Waals surface area contributed by atoms with E-state index in [9.17, 15) is 0 Å². The van der Waals surface area contributed by atoms with Crippen LogP contribution in [0.4, 0.5) is 0 Å². The van der Waals surface area contributed by atoms with Gasteiger partial charge >= 0.3 is 0 Å². The number of hydrogen-bond acceptors (Lipinski definition) is 3. The third-order valence-electron chi connectivity index (χ3n) is 1.50. The molecule has 1 rings (SSSR count). The number of hydrogen-bond donors (Lipinski definition) is 1. The molecule has 0 radical (unpaired) electrons. The minimum absolute atomic E-state index is 0.717. The van der Waals surface area contributed by atoms with Crippen LogP contribution in [0, 0.1) is 0 Å². The molecule has 0 saturated carbocycles. The predicted octanol–water partition coefficient (Wildman–Crippen LogP) is 1.90. The fourth-order valence-electron chi connectivity index (χ4n) is 0.817. The average molecular weight is 168 g/mol. The van der Waals surface area contributed by atoms with Crippen molar-refractivity contribution in [2.75, 3.05) is 6.54 Å². The van der Waals surface area contributed by atoms with E-state index in [2.05, 4.69) is 17.4 Å². The molecule has 0 unspecified atom stereocenters. The van der Waals surface area contributed by atoms with Gasteiger partial charge in [-0.2, -0.15) is 0 Å². The van der Waals surface area contributed by atoms with Gasteiger partial charge in [0.1, 0.15) is 0 Å². The summed E-state index contributed by atoms with van der Waals surface area (Å²) in [7, 11) is 0. The molecule has 1 aromatic heterocycles. The van der Waals surface area contributed by atoms with E-state index >= 15 is 0 Å². The van der Waals surface area contributed by atoms with E-state index in [1.165, 1.54) is 22.7 Å². The van der Waals surface area contributed by atoms with Crippen LogP contribution >= 0.6 is 11.5 Å². The molecule has 0 atom stereocenters. The van der Waals surface area contributed by atoms with Crippen LogP contribution in [0.3, 0.4) is 0 Å². The van der Waals surface area contributed by atoms with Gasteiger partial charge < -0.3 is 5.73 Å². The molecule has 0 amide bonds. The largest absolute Gasteiger partial charge is 0.330 e. The molecule has 0 aliphatic rings. The van der Waals surface area contributed by atoms with Crippen molar-refractivity contribution < 1.29 is 0 Å². The zero-order valence-corrected chi connectivity index (χ0v) is 7.40. The highest BCUT2D eigenvalue weighted by Crippen LogP contribution is 2.14. The molecule has 0 fully saturated rings. The lowest BCUT2D eigenvalue weighted by atomic mass is 10.1. The number of allylic oxidation sites excluding steroid dienone is 1. The number of rotatable bonds is 3. The molecule has 0 bridgehead atoms. The zero-order valence-electron chi connectivity index (χ0n) is 6.58. The Morgan fingerprint density at radius 2 is 2.64 bits per heavy atom. The minimum atomic E-state index is 0.717. The number of nitrogens with two attached hydrogens (primary N) is 1. The molecule has 0 aliphatic carbocycles. The summed E-state index contributed by atoms with van der Waals surface area (Å²) in [5, 5.41) is 2.04. The van der Waals surface area contributed by atoms with Gasteiger partial charge in [0.15, 0.2) is 0 Å². The summed E-state index contributed by atoms with van der Waals surface area (Å²) in [6, 6.07) is 0. The quantitative estimate of drug-likeness (QED) is 0.748. The molecular weight excluding hydrogens is 156 g/mol. The molecule has 0 aliphatic heterocycles. The predicted molar refractivity (Wildman–Crippen MR) is 49.4 cm³/mol. The summed E-state index contributed by atoms with van der Waals surface area (Å²) in [4.78, 5) is 0. The van der Waals surface area contributed by atoms with Crippen LogP contribution in [0.5, 0.6) is 0 Å². The molecular formula is C8H12N2S. The van der Waals surface area contributed by atoms with Crippen LogP contribution in [-0.4, -0.2) is 10.9 Å². The fraction of sp³-hybridized carbons (Fsp3) is 0.375. The van der Waals surface area contributed by atoms with Crippen molar-refractivity contribution in [3.63, 3.8) is 0 Å². The Hall–Kier alpha value is -0.670. The molecule has 1 aromatic rings. The van der Waals surface area contributed by atoms with E-state index in [0.29, 0.717) is 0 Å². The Kier molecular flexibility index (Phi) is 3.26. The van der Waals surface area contributed by atoms with Crippen LogP contribution in [0.25, 0.3) is 5.57 Å². The van der Waals surface area contributed by atoms with E-state index in [0.717, 1.165) is 13.0 Å². The summed E-state index contributed by atoms with van der Waals surface area (Å²) in [6.45, 7) is 2.80. The summed E-state index contributed by atoms with van der Waals surface area (Å²) in [5.74, 6) is 0. The SMILES string of the molecule is C/C(=C\CCN)c1cnsc1. The van der Waals surface area contributed by atoms with Gasteiger partial charge in [-0.05, 0) is 37.0 Å². The molecule has 0 spiro atoms. The zero-order chi connectivity index (χ0) is 8.10. The lowest BCUT2D eigenvalue weighted by Crippen LogP contribution is -1.95. The molecule has 0 aromatic carbocycles. The Labute approximate surface area is 70.9 Å². The van der Waals surface area contributed by atoms with Crippen molar-refractivity contribution in [3.05, 3.63) is 23.2 Å². The molecule has 3 heteroatoms. The van der Waals surface area contributed by atoms with Crippen molar-refractivity contribution >= 4 is 17.1 Å². The lowest BCUT2D eigenvalue weighted by molar-refractivity contribution is 1.01. The van der Waals surface area contributed by atoms with E-state index < -0.39 is 0 Å². The third kappa shape index (κ3) is 2.44. The molecule has 2 nitrogen and oxygen atoms in total. The van der Waals surface area contributed by atoms with E-state index in [-0.39, 0.29) is 0 Å². The van der Waals surface area contributed by atoms with Gasteiger partial charge in [0.25, 0.3) is 0 Å². The van der Waals surface area contributed by atoms with E-state index in [4.69, 9.17) is 5.73 Å². The van der Waals surface area contributed by atoms with Crippen LogP contribution < -0.4 is 5.73 Å². The molecule has 1 heterocycles. The Bertz CT molecular complexity index is 226. The van der Waals surface area contributed by atoms with Crippen molar-refractivity contribution in [2.24, 2.45) is 5.73 Å². The lowest BCUT2D eigenvalue weighted by Gasteiger charge is -1.94. The second-order valence-electron chi connectivity index (χ2n) is 2.38. The first-order valence-corrected chi connectivity index (χ1v) is 4.45. The summed E-state index contributed by atoms with van der Waals surface area (Å²) in [5.41, 5.74) is 7.85. The summed E-state index contributed by atoms with van der Waals surface area (Å²) in [6.07, 6.45) is 4.97. The maximum atomic E-state index is 5.37. The average Bonchev–Trinajstić information content (AvgIpc) is 2.52. The van der Waals surface area contributed by atoms with Crippen molar-refractivity contribution in [1.82, 2.24) is 4.37 Å². The van der Waals surface area contributed by atoms with E-state index in [1.807, 2.05) is 11.6 Å². The first-order chi connectivity index (χ1) is 5.34. The third-order valence-corrected chi connectivity index (χ3v) is 2.09. The summed E-state index contributed by atoms with van der Waals surface area (Å²) < 4.78 is 4.02. The second kappa shape index (κ2) is 4.26. The van der Waals surface area contributed by atoms with Crippen LogP contribution in [0.15, 0.2) is 17.7 Å².